The third-order valence-corrected chi connectivity index (χ3v) is 8.15. The Morgan fingerprint density at radius 2 is 1.76 bits per heavy atom. The zero-order valence-corrected chi connectivity index (χ0v) is 24.7. The highest BCUT2D eigenvalue weighted by Gasteiger charge is 2.51. The van der Waals surface area contributed by atoms with Crippen LogP contribution in [0.1, 0.15) is 29.7 Å². The van der Waals surface area contributed by atoms with Crippen LogP contribution in [0.4, 0.5) is 24.9 Å². The van der Waals surface area contributed by atoms with Gasteiger partial charge in [-0.2, -0.15) is 23.1 Å². The summed E-state index contributed by atoms with van der Waals surface area (Å²) in [5, 5.41) is 27.2. The van der Waals surface area contributed by atoms with Crippen molar-refractivity contribution < 1.29 is 37.7 Å². The molecule has 12 nitrogen and oxygen atoms in total. The zero-order chi connectivity index (χ0) is 32.3. The van der Waals surface area contributed by atoms with E-state index >= 15 is 0 Å². The van der Waals surface area contributed by atoms with Gasteiger partial charge < -0.3 is 35.2 Å². The Morgan fingerprint density at radius 3 is 2.41 bits per heavy atom. The molecule has 4 N–H and O–H groups in total. The minimum absolute atomic E-state index is 0.0647. The summed E-state index contributed by atoms with van der Waals surface area (Å²) in [4.78, 5) is 27.9. The van der Waals surface area contributed by atoms with E-state index in [1.807, 2.05) is 65.6 Å². The molecular formula is C31H34F3N7O5. The van der Waals surface area contributed by atoms with Gasteiger partial charge >= 0.3 is 12.1 Å². The molecule has 2 fully saturated rings. The van der Waals surface area contributed by atoms with Gasteiger partial charge in [0.25, 0.3) is 0 Å². The average molecular weight is 642 g/mol. The maximum absolute atomic E-state index is 13.2. The molecule has 0 spiro atoms. The number of hydrogen-bond acceptors (Lipinski definition) is 11. The molecule has 4 aromatic rings. The summed E-state index contributed by atoms with van der Waals surface area (Å²) in [5.74, 6) is -1.81. The molecule has 0 saturated carbocycles. The highest BCUT2D eigenvalue weighted by Crippen LogP contribution is 2.36. The fourth-order valence-corrected chi connectivity index (χ4v) is 5.81. The zero-order valence-electron chi connectivity index (χ0n) is 24.7. The Bertz CT molecular complexity index is 1580. The van der Waals surface area contributed by atoms with E-state index in [1.165, 1.54) is 10.9 Å². The molecule has 0 aliphatic carbocycles. The number of anilines is 2. The lowest BCUT2D eigenvalue weighted by Gasteiger charge is -2.24. The van der Waals surface area contributed by atoms with E-state index in [0.29, 0.717) is 43.5 Å². The quantitative estimate of drug-likeness (QED) is 0.200. The second kappa shape index (κ2) is 13.6. The SMILES string of the molecule is O=C(O[C@@H]1[C@H](O)[C@@H](CO)O[C@H]1n1cnc2c(NCC(c3ccccc3)c3ccccc3)nc(N3CCCNCC3)nc21)C(F)(F)F. The first-order valence-electron chi connectivity index (χ1n) is 15.0. The molecule has 244 valence electrons. The first-order chi connectivity index (χ1) is 22.2. The number of aliphatic hydroxyl groups is 2. The van der Waals surface area contributed by atoms with Gasteiger partial charge in [0.15, 0.2) is 29.3 Å². The Labute approximate surface area is 262 Å². The van der Waals surface area contributed by atoms with Crippen LogP contribution in [0.15, 0.2) is 67.0 Å². The topological polar surface area (TPSA) is 147 Å². The molecule has 6 rings (SSSR count). The van der Waals surface area contributed by atoms with Gasteiger partial charge in [-0.3, -0.25) is 4.57 Å². The smallest absolute Gasteiger partial charge is 0.448 e. The van der Waals surface area contributed by atoms with Crippen molar-refractivity contribution in [1.82, 2.24) is 24.8 Å². The summed E-state index contributed by atoms with van der Waals surface area (Å²) in [6.45, 7) is 2.47. The summed E-state index contributed by atoms with van der Waals surface area (Å²) >= 11 is 0. The number of esters is 1. The van der Waals surface area contributed by atoms with Crippen LogP contribution in [-0.4, -0.2) is 99.5 Å². The molecule has 2 saturated heterocycles. The molecule has 46 heavy (non-hydrogen) atoms. The summed E-state index contributed by atoms with van der Waals surface area (Å²) in [7, 11) is 0. The number of carbonyl (C=O) groups excluding carboxylic acids is 1. The predicted molar refractivity (Wildman–Crippen MR) is 161 cm³/mol. The number of aromatic nitrogens is 4. The van der Waals surface area contributed by atoms with E-state index in [0.717, 1.165) is 24.1 Å². The molecule has 0 unspecified atom stereocenters. The summed E-state index contributed by atoms with van der Waals surface area (Å²) in [6.07, 6.45) is -9.52. The number of carbonyl (C=O) groups is 1. The molecule has 15 heteroatoms. The van der Waals surface area contributed by atoms with Crippen LogP contribution in [0.25, 0.3) is 11.2 Å². The number of nitrogens with one attached hydrogen (secondary N) is 2. The maximum Gasteiger partial charge on any atom is 0.490 e. The van der Waals surface area contributed by atoms with Crippen molar-refractivity contribution in [1.29, 1.82) is 0 Å². The van der Waals surface area contributed by atoms with Crippen LogP contribution in [0.2, 0.25) is 0 Å². The summed E-state index contributed by atoms with van der Waals surface area (Å²) in [5.41, 5.74) is 2.63. The van der Waals surface area contributed by atoms with Gasteiger partial charge in [0, 0.05) is 32.1 Å². The predicted octanol–water partition coefficient (Wildman–Crippen LogP) is 2.59. The lowest BCUT2D eigenvalue weighted by molar-refractivity contribution is -0.211. The molecule has 2 aromatic carbocycles. The Morgan fingerprint density at radius 1 is 1.07 bits per heavy atom. The number of nitrogens with zero attached hydrogens (tertiary/aromatic N) is 5. The Balaban J connectivity index is 1.40. The third-order valence-electron chi connectivity index (χ3n) is 8.15. The highest BCUT2D eigenvalue weighted by molar-refractivity contribution is 5.84. The summed E-state index contributed by atoms with van der Waals surface area (Å²) in [6, 6.07) is 20.0. The van der Waals surface area contributed by atoms with E-state index < -0.39 is 43.3 Å². The van der Waals surface area contributed by atoms with Crippen LogP contribution in [0.5, 0.6) is 0 Å². The highest BCUT2D eigenvalue weighted by atomic mass is 19.4. The van der Waals surface area contributed by atoms with Gasteiger partial charge in [0.1, 0.15) is 12.2 Å². The number of imidazole rings is 1. The first-order valence-corrected chi connectivity index (χ1v) is 15.0. The van der Waals surface area contributed by atoms with Gasteiger partial charge in [-0.1, -0.05) is 60.7 Å². The number of halogens is 3. The number of aliphatic hydroxyl groups excluding tert-OH is 2. The number of fused-ring (bicyclic) bond motifs is 1. The molecule has 4 heterocycles. The van der Waals surface area contributed by atoms with Crippen molar-refractivity contribution in [3.63, 3.8) is 0 Å². The lowest BCUT2D eigenvalue weighted by atomic mass is 9.91. The van der Waals surface area contributed by atoms with Crippen LogP contribution >= 0.6 is 0 Å². The summed E-state index contributed by atoms with van der Waals surface area (Å²) < 4.78 is 51.2. The van der Waals surface area contributed by atoms with E-state index in [4.69, 9.17) is 19.4 Å². The number of rotatable bonds is 9. The van der Waals surface area contributed by atoms with Crippen molar-refractivity contribution in [2.75, 3.05) is 49.5 Å². The number of hydrogen-bond donors (Lipinski definition) is 4. The molecular weight excluding hydrogens is 607 g/mol. The molecule has 0 radical (unpaired) electrons. The fraction of sp³-hybridized carbons (Fsp3) is 0.419. The monoisotopic (exact) mass is 641 g/mol. The van der Waals surface area contributed by atoms with Crippen molar-refractivity contribution in [2.45, 2.75) is 43.1 Å². The van der Waals surface area contributed by atoms with E-state index in [9.17, 15) is 28.2 Å². The van der Waals surface area contributed by atoms with Gasteiger partial charge in [0.05, 0.1) is 12.9 Å². The fourth-order valence-electron chi connectivity index (χ4n) is 5.81. The minimum atomic E-state index is -5.31. The number of alkyl halides is 3. The second-order valence-corrected chi connectivity index (χ2v) is 11.1. The Hall–Kier alpha value is -4.31. The third kappa shape index (κ3) is 6.63. The van der Waals surface area contributed by atoms with E-state index in [2.05, 4.69) is 15.6 Å². The van der Waals surface area contributed by atoms with Gasteiger partial charge in [-0.25, -0.2) is 9.78 Å². The largest absolute Gasteiger partial charge is 0.490 e. The van der Waals surface area contributed by atoms with E-state index in [1.54, 1.807) is 0 Å². The normalized spacial score (nSPS) is 22.3. The number of ether oxygens (including phenoxy) is 2. The van der Waals surface area contributed by atoms with Crippen LogP contribution in [0, 0.1) is 0 Å². The second-order valence-electron chi connectivity index (χ2n) is 11.1. The minimum Gasteiger partial charge on any atom is -0.448 e. The number of benzene rings is 2. The molecule has 0 amide bonds. The van der Waals surface area contributed by atoms with Crippen molar-refractivity contribution in [3.05, 3.63) is 78.1 Å². The van der Waals surface area contributed by atoms with Crippen LogP contribution < -0.4 is 15.5 Å². The first kappa shape index (κ1) is 31.7. The molecule has 2 aromatic heterocycles. The molecule has 0 bridgehead atoms. The van der Waals surface area contributed by atoms with E-state index in [-0.39, 0.29) is 11.6 Å². The molecule has 2 aliphatic heterocycles. The van der Waals surface area contributed by atoms with Crippen molar-refractivity contribution in [3.8, 4) is 0 Å². The molecule has 4 atom stereocenters. The molecule has 2 aliphatic rings. The van der Waals surface area contributed by atoms with Gasteiger partial charge in [0.2, 0.25) is 5.95 Å². The standard InChI is InChI=1S/C31H34F3N7O5/c32-31(33,34)29(44)46-25-24(43)22(17-42)45-28(25)41-18-37-23-26(38-30(39-27(23)41)40-14-7-12-35-13-15-40)36-16-21(19-8-3-1-4-9-19)20-10-5-2-6-11-20/h1-6,8-11,18,21-22,24-25,28,35,42-43H,7,12-17H2,(H,36,38,39)/t22-,24-,25-,28-/m1/s1. The van der Waals surface area contributed by atoms with Gasteiger partial charge in [-0.15, -0.1) is 0 Å². The maximum atomic E-state index is 13.2. The lowest BCUT2D eigenvalue weighted by Crippen LogP contribution is -2.40. The van der Waals surface area contributed by atoms with Crippen molar-refractivity contribution >= 4 is 28.9 Å². The Kier molecular flexibility index (Phi) is 9.35. The van der Waals surface area contributed by atoms with Crippen LogP contribution in [-0.2, 0) is 14.3 Å². The van der Waals surface area contributed by atoms with Crippen molar-refractivity contribution in [2.24, 2.45) is 0 Å². The average Bonchev–Trinajstić information content (AvgIpc) is 3.49. The van der Waals surface area contributed by atoms with Gasteiger partial charge in [-0.05, 0) is 24.1 Å². The van der Waals surface area contributed by atoms with Crippen LogP contribution in [0.3, 0.4) is 0 Å².